The number of carbonyl (C=O) groups excluding carboxylic acids is 2. The Morgan fingerprint density at radius 1 is 1.32 bits per heavy atom. The number of non-ortho nitro benzene ring substituents is 1. The SMILES string of the molecule is COC(=O)Cn1c(=NC(=O)C2CCCN(S(=O)(=O)c3cccs3)C2)sc2ccc([N+](=O)[O-])cc21. The van der Waals surface area contributed by atoms with E-state index in [2.05, 4.69) is 4.99 Å². The number of fused-ring (bicyclic) bond motifs is 1. The molecular formula is C20H20N4O7S3. The molecule has 0 radical (unpaired) electrons. The van der Waals surface area contributed by atoms with Crippen LogP contribution in [-0.4, -0.2) is 54.3 Å². The van der Waals surface area contributed by atoms with Gasteiger partial charge in [-0.3, -0.25) is 19.7 Å². The van der Waals surface area contributed by atoms with Crippen molar-refractivity contribution in [2.45, 2.75) is 23.6 Å². The number of nitrogens with zero attached hydrogens (tertiary/aromatic N) is 4. The number of sulfonamides is 1. The second-order valence-electron chi connectivity index (χ2n) is 7.54. The number of rotatable bonds is 6. The van der Waals surface area contributed by atoms with Crippen LogP contribution in [0.15, 0.2) is 44.9 Å². The molecule has 1 fully saturated rings. The van der Waals surface area contributed by atoms with Gasteiger partial charge in [-0.1, -0.05) is 17.4 Å². The maximum Gasteiger partial charge on any atom is 0.325 e. The molecule has 1 aromatic carbocycles. The third-order valence-electron chi connectivity index (χ3n) is 5.42. The molecule has 3 heterocycles. The van der Waals surface area contributed by atoms with Crippen molar-refractivity contribution >= 4 is 60.5 Å². The molecule has 1 amide bonds. The van der Waals surface area contributed by atoms with E-state index < -0.39 is 32.7 Å². The smallest absolute Gasteiger partial charge is 0.325 e. The average Bonchev–Trinajstić information content (AvgIpc) is 3.48. The minimum Gasteiger partial charge on any atom is -0.468 e. The molecule has 1 unspecified atom stereocenters. The van der Waals surface area contributed by atoms with Crippen molar-refractivity contribution in [2.75, 3.05) is 20.2 Å². The lowest BCUT2D eigenvalue weighted by Gasteiger charge is -2.29. The highest BCUT2D eigenvalue weighted by Crippen LogP contribution is 2.27. The number of hydrogen-bond donors (Lipinski definition) is 0. The lowest BCUT2D eigenvalue weighted by Crippen LogP contribution is -2.42. The molecule has 0 N–H and O–H groups in total. The van der Waals surface area contributed by atoms with Crippen LogP contribution in [0.2, 0.25) is 0 Å². The third-order valence-corrected chi connectivity index (χ3v) is 9.72. The maximum atomic E-state index is 13.1. The molecule has 0 spiro atoms. The van der Waals surface area contributed by atoms with E-state index in [0.717, 1.165) is 22.7 Å². The van der Waals surface area contributed by atoms with Crippen molar-refractivity contribution in [3.8, 4) is 0 Å². The summed E-state index contributed by atoms with van der Waals surface area (Å²) in [5, 5.41) is 12.9. The predicted molar refractivity (Wildman–Crippen MR) is 125 cm³/mol. The molecule has 14 heteroatoms. The number of thiazole rings is 1. The van der Waals surface area contributed by atoms with E-state index in [4.69, 9.17) is 4.74 Å². The number of benzene rings is 1. The molecule has 1 atom stereocenters. The summed E-state index contributed by atoms with van der Waals surface area (Å²) in [6.07, 6.45) is 0.990. The first kappa shape index (κ1) is 24.2. The first-order valence-electron chi connectivity index (χ1n) is 10.2. The van der Waals surface area contributed by atoms with E-state index in [1.807, 2.05) is 0 Å². The number of aromatic nitrogens is 1. The van der Waals surface area contributed by atoms with Gasteiger partial charge in [0.25, 0.3) is 21.6 Å². The number of methoxy groups -OCH3 is 1. The van der Waals surface area contributed by atoms with Gasteiger partial charge in [-0.2, -0.15) is 9.30 Å². The van der Waals surface area contributed by atoms with Crippen molar-refractivity contribution in [1.82, 2.24) is 8.87 Å². The van der Waals surface area contributed by atoms with Crippen LogP contribution in [0.3, 0.4) is 0 Å². The molecule has 0 bridgehead atoms. The zero-order chi connectivity index (χ0) is 24.5. The number of carbonyl (C=O) groups is 2. The zero-order valence-electron chi connectivity index (χ0n) is 17.9. The normalized spacial score (nSPS) is 17.7. The van der Waals surface area contributed by atoms with Crippen LogP contribution in [0.25, 0.3) is 10.2 Å². The quantitative estimate of drug-likeness (QED) is 0.274. The summed E-state index contributed by atoms with van der Waals surface area (Å²) in [5.74, 6) is -1.76. The molecule has 1 aliphatic rings. The Hall–Kier alpha value is -2.94. The van der Waals surface area contributed by atoms with Crippen LogP contribution in [0, 0.1) is 16.0 Å². The van der Waals surface area contributed by atoms with E-state index in [9.17, 15) is 28.1 Å². The first-order chi connectivity index (χ1) is 16.2. The Labute approximate surface area is 202 Å². The molecule has 1 saturated heterocycles. The molecule has 2 aromatic heterocycles. The zero-order valence-corrected chi connectivity index (χ0v) is 20.4. The number of nitro groups is 1. The van der Waals surface area contributed by atoms with Gasteiger partial charge in [-0.15, -0.1) is 11.3 Å². The van der Waals surface area contributed by atoms with Crippen molar-refractivity contribution in [2.24, 2.45) is 10.9 Å². The summed E-state index contributed by atoms with van der Waals surface area (Å²) in [7, 11) is -2.47. The number of nitro benzene ring substituents is 1. The molecule has 34 heavy (non-hydrogen) atoms. The van der Waals surface area contributed by atoms with Crippen LogP contribution in [0.5, 0.6) is 0 Å². The molecule has 4 rings (SSSR count). The number of hydrogen-bond acceptors (Lipinski definition) is 9. The molecule has 11 nitrogen and oxygen atoms in total. The predicted octanol–water partition coefficient (Wildman–Crippen LogP) is 2.37. The Bertz CT molecular complexity index is 1420. The van der Waals surface area contributed by atoms with Gasteiger partial charge in [-0.25, -0.2) is 8.42 Å². The Kier molecular flexibility index (Phi) is 6.93. The summed E-state index contributed by atoms with van der Waals surface area (Å²) in [5.41, 5.74) is 0.213. The fourth-order valence-electron chi connectivity index (χ4n) is 3.69. The highest BCUT2D eigenvalue weighted by atomic mass is 32.2. The topological polar surface area (TPSA) is 141 Å². The summed E-state index contributed by atoms with van der Waals surface area (Å²) in [4.78, 5) is 40.1. The lowest BCUT2D eigenvalue weighted by molar-refractivity contribution is -0.384. The van der Waals surface area contributed by atoms with Crippen molar-refractivity contribution in [1.29, 1.82) is 0 Å². The van der Waals surface area contributed by atoms with Crippen molar-refractivity contribution in [3.05, 3.63) is 50.6 Å². The molecule has 1 aliphatic heterocycles. The van der Waals surface area contributed by atoms with Crippen LogP contribution in [-0.2, 0) is 30.9 Å². The van der Waals surface area contributed by atoms with E-state index in [1.165, 1.54) is 40.2 Å². The van der Waals surface area contributed by atoms with Gasteiger partial charge in [0.05, 0.1) is 28.2 Å². The fraction of sp³-hybridized carbons (Fsp3) is 0.350. The summed E-state index contributed by atoms with van der Waals surface area (Å²) in [6, 6.07) is 7.37. The number of esters is 1. The van der Waals surface area contributed by atoms with Crippen LogP contribution < -0.4 is 4.80 Å². The van der Waals surface area contributed by atoms with E-state index in [0.29, 0.717) is 29.6 Å². The number of thiophene rings is 1. The van der Waals surface area contributed by atoms with E-state index >= 15 is 0 Å². The molecule has 0 saturated carbocycles. The third kappa shape index (κ3) is 4.80. The van der Waals surface area contributed by atoms with E-state index in [-0.39, 0.29) is 27.8 Å². The van der Waals surface area contributed by atoms with Gasteiger partial charge < -0.3 is 9.30 Å². The highest BCUT2D eigenvalue weighted by molar-refractivity contribution is 7.91. The molecule has 3 aromatic rings. The minimum atomic E-state index is -3.69. The molecular weight excluding hydrogens is 504 g/mol. The standard InChI is InChI=1S/C20H20N4O7S3/c1-31-17(25)12-23-15-10-14(24(27)28)6-7-16(15)33-20(23)21-19(26)13-4-2-8-22(11-13)34(29,30)18-5-3-9-32-18/h3,5-7,9-10,13H,2,4,8,11-12H2,1H3. The largest absolute Gasteiger partial charge is 0.468 e. The Morgan fingerprint density at radius 3 is 2.79 bits per heavy atom. The van der Waals surface area contributed by atoms with E-state index in [1.54, 1.807) is 11.4 Å². The number of piperidine rings is 1. The summed E-state index contributed by atoms with van der Waals surface area (Å²) < 4.78 is 34.0. The van der Waals surface area contributed by atoms with Gasteiger partial charge in [0.15, 0.2) is 4.80 Å². The summed E-state index contributed by atoms with van der Waals surface area (Å²) >= 11 is 2.23. The van der Waals surface area contributed by atoms with Crippen molar-refractivity contribution in [3.63, 3.8) is 0 Å². The van der Waals surface area contributed by atoms with Gasteiger partial charge >= 0.3 is 5.97 Å². The van der Waals surface area contributed by atoms with Gasteiger partial charge in [0, 0.05) is 25.2 Å². The molecule has 180 valence electrons. The fourth-order valence-corrected chi connectivity index (χ4v) is 7.37. The first-order valence-corrected chi connectivity index (χ1v) is 13.3. The second kappa shape index (κ2) is 9.74. The average molecular weight is 525 g/mol. The van der Waals surface area contributed by atoms with Gasteiger partial charge in [0.2, 0.25) is 0 Å². The van der Waals surface area contributed by atoms with Crippen LogP contribution in [0.4, 0.5) is 5.69 Å². The highest BCUT2D eigenvalue weighted by Gasteiger charge is 2.34. The maximum absolute atomic E-state index is 13.1. The summed E-state index contributed by atoms with van der Waals surface area (Å²) in [6.45, 7) is 0.0438. The number of ether oxygens (including phenoxy) is 1. The molecule has 0 aliphatic carbocycles. The lowest BCUT2D eigenvalue weighted by atomic mass is 9.99. The Morgan fingerprint density at radius 2 is 2.12 bits per heavy atom. The van der Waals surface area contributed by atoms with Crippen LogP contribution in [0.1, 0.15) is 12.8 Å². The second-order valence-corrected chi connectivity index (χ2v) is 11.7. The van der Waals surface area contributed by atoms with Crippen LogP contribution >= 0.6 is 22.7 Å². The van der Waals surface area contributed by atoms with Gasteiger partial charge in [0.1, 0.15) is 10.8 Å². The Balaban J connectivity index is 1.68. The van der Waals surface area contributed by atoms with Crippen molar-refractivity contribution < 1.29 is 27.7 Å². The monoisotopic (exact) mass is 524 g/mol. The van der Waals surface area contributed by atoms with Gasteiger partial charge in [-0.05, 0) is 30.4 Å². The minimum absolute atomic E-state index is 0.00986. The number of amides is 1.